The van der Waals surface area contributed by atoms with E-state index in [4.69, 9.17) is 4.74 Å². The number of allylic oxidation sites excluding steroid dienone is 1. The summed E-state index contributed by atoms with van der Waals surface area (Å²) in [5, 5.41) is 3.42. The first-order chi connectivity index (χ1) is 7.86. The van der Waals surface area contributed by atoms with Gasteiger partial charge in [0, 0.05) is 6.54 Å². The lowest BCUT2D eigenvalue weighted by atomic mass is 10.2. The zero-order chi connectivity index (χ0) is 11.6. The second kappa shape index (κ2) is 7.94. The first-order valence-corrected chi connectivity index (χ1v) is 5.81. The number of hydrogen-bond donors (Lipinski definition) is 1. The molecule has 2 heteroatoms. The van der Waals surface area contributed by atoms with Crippen LogP contribution in [0.2, 0.25) is 0 Å². The number of hydrogen-bond acceptors (Lipinski definition) is 2. The standard InChI is InChI=1S/C14H21NO/c1-3-4-5-6-11-15-12-13-7-9-14(16-2)10-8-13/h3,7-10,15H,1,4-6,11-12H2,2H3. The van der Waals surface area contributed by atoms with Crippen molar-refractivity contribution in [3.63, 3.8) is 0 Å². The zero-order valence-corrected chi connectivity index (χ0v) is 10.0. The van der Waals surface area contributed by atoms with Gasteiger partial charge in [-0.3, -0.25) is 0 Å². The number of methoxy groups -OCH3 is 1. The molecule has 0 unspecified atom stereocenters. The molecular formula is C14H21NO. The fourth-order valence-electron chi connectivity index (χ4n) is 1.51. The molecule has 0 spiro atoms. The molecular weight excluding hydrogens is 198 g/mol. The van der Waals surface area contributed by atoms with Crippen molar-refractivity contribution in [1.82, 2.24) is 5.32 Å². The molecule has 0 aliphatic carbocycles. The van der Waals surface area contributed by atoms with Gasteiger partial charge >= 0.3 is 0 Å². The van der Waals surface area contributed by atoms with Gasteiger partial charge in [0.2, 0.25) is 0 Å². The summed E-state index contributed by atoms with van der Waals surface area (Å²) < 4.78 is 5.11. The van der Waals surface area contributed by atoms with E-state index in [-0.39, 0.29) is 0 Å². The SMILES string of the molecule is C=CCCCCNCc1ccc(OC)cc1. The summed E-state index contributed by atoms with van der Waals surface area (Å²) in [6, 6.07) is 8.18. The van der Waals surface area contributed by atoms with Gasteiger partial charge in [-0.05, 0) is 43.5 Å². The zero-order valence-electron chi connectivity index (χ0n) is 10.0. The predicted octanol–water partition coefficient (Wildman–Crippen LogP) is 3.14. The highest BCUT2D eigenvalue weighted by molar-refractivity contribution is 5.26. The average molecular weight is 219 g/mol. The Morgan fingerprint density at radius 1 is 1.25 bits per heavy atom. The van der Waals surface area contributed by atoms with Crippen molar-refractivity contribution >= 4 is 0 Å². The van der Waals surface area contributed by atoms with Crippen LogP contribution >= 0.6 is 0 Å². The maximum Gasteiger partial charge on any atom is 0.118 e. The van der Waals surface area contributed by atoms with Crippen molar-refractivity contribution in [2.75, 3.05) is 13.7 Å². The molecule has 0 atom stereocenters. The van der Waals surface area contributed by atoms with E-state index in [1.807, 2.05) is 18.2 Å². The Labute approximate surface area is 98.3 Å². The third kappa shape index (κ3) is 4.99. The summed E-state index contributed by atoms with van der Waals surface area (Å²) in [4.78, 5) is 0. The van der Waals surface area contributed by atoms with E-state index in [2.05, 4.69) is 24.0 Å². The fraction of sp³-hybridized carbons (Fsp3) is 0.429. The molecule has 0 fully saturated rings. The van der Waals surface area contributed by atoms with Gasteiger partial charge in [-0.25, -0.2) is 0 Å². The van der Waals surface area contributed by atoms with E-state index in [1.54, 1.807) is 7.11 Å². The highest BCUT2D eigenvalue weighted by atomic mass is 16.5. The summed E-state index contributed by atoms with van der Waals surface area (Å²) in [5.74, 6) is 0.912. The van der Waals surface area contributed by atoms with Crippen LogP contribution in [0.1, 0.15) is 24.8 Å². The van der Waals surface area contributed by atoms with Crippen LogP contribution in [0.25, 0.3) is 0 Å². The Kier molecular flexibility index (Phi) is 6.35. The minimum atomic E-state index is 0.912. The first-order valence-electron chi connectivity index (χ1n) is 5.81. The molecule has 0 radical (unpaired) electrons. The average Bonchev–Trinajstić information content (AvgIpc) is 2.34. The molecule has 2 nitrogen and oxygen atoms in total. The van der Waals surface area contributed by atoms with Crippen molar-refractivity contribution in [3.05, 3.63) is 42.5 Å². The monoisotopic (exact) mass is 219 g/mol. The summed E-state index contributed by atoms with van der Waals surface area (Å²) in [6.07, 6.45) is 5.52. The second-order valence-corrected chi connectivity index (χ2v) is 3.81. The van der Waals surface area contributed by atoms with Crippen molar-refractivity contribution < 1.29 is 4.74 Å². The number of benzene rings is 1. The van der Waals surface area contributed by atoms with Gasteiger partial charge in [-0.2, -0.15) is 0 Å². The molecule has 16 heavy (non-hydrogen) atoms. The summed E-state index contributed by atoms with van der Waals surface area (Å²) in [6.45, 7) is 5.71. The van der Waals surface area contributed by atoms with Crippen LogP contribution in [0.15, 0.2) is 36.9 Å². The lowest BCUT2D eigenvalue weighted by Gasteiger charge is -2.05. The second-order valence-electron chi connectivity index (χ2n) is 3.81. The largest absolute Gasteiger partial charge is 0.497 e. The minimum absolute atomic E-state index is 0.912. The summed E-state index contributed by atoms with van der Waals surface area (Å²) >= 11 is 0. The predicted molar refractivity (Wildman–Crippen MR) is 68.7 cm³/mol. The van der Waals surface area contributed by atoms with Crippen molar-refractivity contribution in [1.29, 1.82) is 0 Å². The summed E-state index contributed by atoms with van der Waals surface area (Å²) in [7, 11) is 1.69. The molecule has 0 aliphatic rings. The van der Waals surface area contributed by atoms with Gasteiger partial charge in [-0.1, -0.05) is 18.2 Å². The number of unbranched alkanes of at least 4 members (excludes halogenated alkanes) is 2. The molecule has 0 bridgehead atoms. The lowest BCUT2D eigenvalue weighted by molar-refractivity contribution is 0.414. The molecule has 0 amide bonds. The fourth-order valence-corrected chi connectivity index (χ4v) is 1.51. The summed E-state index contributed by atoms with van der Waals surface area (Å²) in [5.41, 5.74) is 1.30. The Hall–Kier alpha value is -1.28. The highest BCUT2D eigenvalue weighted by Gasteiger charge is 1.93. The third-order valence-corrected chi connectivity index (χ3v) is 2.50. The van der Waals surface area contributed by atoms with Crippen LogP contribution < -0.4 is 10.1 Å². The van der Waals surface area contributed by atoms with Gasteiger partial charge in [-0.15, -0.1) is 6.58 Å². The van der Waals surface area contributed by atoms with Crippen LogP contribution in [-0.4, -0.2) is 13.7 Å². The van der Waals surface area contributed by atoms with Crippen LogP contribution in [0.5, 0.6) is 5.75 Å². The van der Waals surface area contributed by atoms with E-state index < -0.39 is 0 Å². The van der Waals surface area contributed by atoms with E-state index in [9.17, 15) is 0 Å². The molecule has 0 heterocycles. The molecule has 0 saturated heterocycles. The molecule has 1 N–H and O–H groups in total. The molecule has 1 aromatic carbocycles. The van der Waals surface area contributed by atoms with Gasteiger partial charge in [0.25, 0.3) is 0 Å². The van der Waals surface area contributed by atoms with Crippen LogP contribution in [-0.2, 0) is 6.54 Å². The molecule has 88 valence electrons. The Balaban J connectivity index is 2.14. The molecule has 0 saturated carbocycles. The van der Waals surface area contributed by atoms with Gasteiger partial charge in [0.1, 0.15) is 5.75 Å². The number of nitrogens with one attached hydrogen (secondary N) is 1. The smallest absolute Gasteiger partial charge is 0.118 e. The Bertz CT molecular complexity index is 292. The number of rotatable bonds is 8. The van der Waals surface area contributed by atoms with E-state index in [0.717, 1.165) is 25.3 Å². The Morgan fingerprint density at radius 3 is 2.62 bits per heavy atom. The molecule has 1 aromatic rings. The van der Waals surface area contributed by atoms with Crippen molar-refractivity contribution in [2.45, 2.75) is 25.8 Å². The van der Waals surface area contributed by atoms with Gasteiger partial charge < -0.3 is 10.1 Å². The van der Waals surface area contributed by atoms with Crippen LogP contribution in [0, 0.1) is 0 Å². The maximum absolute atomic E-state index is 5.11. The van der Waals surface area contributed by atoms with Gasteiger partial charge in [0.15, 0.2) is 0 Å². The van der Waals surface area contributed by atoms with E-state index >= 15 is 0 Å². The molecule has 0 aliphatic heterocycles. The quantitative estimate of drug-likeness (QED) is 0.535. The number of ether oxygens (including phenoxy) is 1. The lowest BCUT2D eigenvalue weighted by Crippen LogP contribution is -2.14. The van der Waals surface area contributed by atoms with Crippen molar-refractivity contribution in [3.8, 4) is 5.75 Å². The van der Waals surface area contributed by atoms with Gasteiger partial charge in [0.05, 0.1) is 7.11 Å². The van der Waals surface area contributed by atoms with E-state index in [1.165, 1.54) is 18.4 Å². The van der Waals surface area contributed by atoms with Crippen LogP contribution in [0.4, 0.5) is 0 Å². The Morgan fingerprint density at radius 2 is 2.00 bits per heavy atom. The van der Waals surface area contributed by atoms with E-state index in [0.29, 0.717) is 0 Å². The molecule has 0 aromatic heterocycles. The molecule has 1 rings (SSSR count). The third-order valence-electron chi connectivity index (χ3n) is 2.50. The normalized spacial score (nSPS) is 10.1. The highest BCUT2D eigenvalue weighted by Crippen LogP contribution is 2.10. The maximum atomic E-state index is 5.11. The first kappa shape index (κ1) is 12.8. The van der Waals surface area contributed by atoms with Crippen molar-refractivity contribution in [2.24, 2.45) is 0 Å². The van der Waals surface area contributed by atoms with Crippen LogP contribution in [0.3, 0.4) is 0 Å². The minimum Gasteiger partial charge on any atom is -0.497 e. The topological polar surface area (TPSA) is 21.3 Å².